The maximum absolute atomic E-state index is 10.8. The van der Waals surface area contributed by atoms with Gasteiger partial charge in [0.1, 0.15) is 5.60 Å². The Balaban J connectivity index is 1.74. The standard InChI is InChI=1S/C20H22O3/c1-18(2)12-6-13-19(3)20(18,23-19)14-5-4-7-15-8-10-16(11-9-15)17(21)22/h5,8-11,14H,6,12-13H2,1-3H3,(H,21,22)/b14-5+. The van der Waals surface area contributed by atoms with Gasteiger partial charge in [-0.2, -0.15) is 0 Å². The van der Waals surface area contributed by atoms with Crippen LogP contribution in [0.3, 0.4) is 0 Å². The minimum atomic E-state index is -0.923. The molecule has 120 valence electrons. The van der Waals surface area contributed by atoms with Crippen LogP contribution in [-0.2, 0) is 4.74 Å². The Hall–Kier alpha value is -2.05. The second kappa shape index (κ2) is 5.25. The van der Waals surface area contributed by atoms with Crippen LogP contribution >= 0.6 is 0 Å². The number of hydrogen-bond donors (Lipinski definition) is 1. The molecule has 0 aromatic heterocycles. The molecule has 2 unspecified atom stereocenters. The Morgan fingerprint density at radius 3 is 2.52 bits per heavy atom. The number of carbonyl (C=O) groups is 1. The van der Waals surface area contributed by atoms with Crippen LogP contribution in [0.4, 0.5) is 0 Å². The maximum Gasteiger partial charge on any atom is 0.335 e. The lowest BCUT2D eigenvalue weighted by Crippen LogP contribution is -2.41. The molecule has 1 aliphatic carbocycles. The van der Waals surface area contributed by atoms with Crippen molar-refractivity contribution in [3.8, 4) is 11.8 Å². The van der Waals surface area contributed by atoms with E-state index in [0.717, 1.165) is 18.4 Å². The van der Waals surface area contributed by atoms with Gasteiger partial charge >= 0.3 is 5.97 Å². The molecule has 3 heteroatoms. The van der Waals surface area contributed by atoms with Crippen LogP contribution in [0.1, 0.15) is 56.0 Å². The first-order chi connectivity index (χ1) is 10.8. The molecule has 1 aliphatic heterocycles. The summed E-state index contributed by atoms with van der Waals surface area (Å²) in [6.07, 6.45) is 7.47. The molecular formula is C20H22O3. The highest BCUT2D eigenvalue weighted by Crippen LogP contribution is 2.65. The number of allylic oxidation sites excluding steroid dienone is 1. The van der Waals surface area contributed by atoms with Gasteiger partial charge in [-0.15, -0.1) is 0 Å². The van der Waals surface area contributed by atoms with Crippen LogP contribution in [0.15, 0.2) is 36.4 Å². The van der Waals surface area contributed by atoms with Gasteiger partial charge in [0, 0.05) is 11.0 Å². The van der Waals surface area contributed by atoms with Crippen molar-refractivity contribution in [3.05, 3.63) is 47.5 Å². The van der Waals surface area contributed by atoms with E-state index in [-0.39, 0.29) is 22.2 Å². The molecular weight excluding hydrogens is 288 g/mol. The lowest BCUT2D eigenvalue weighted by Gasteiger charge is -2.36. The minimum Gasteiger partial charge on any atom is -0.478 e. The number of aromatic carboxylic acids is 1. The number of fused-ring (bicyclic) bond motifs is 1. The Labute approximate surface area is 137 Å². The third-order valence-corrected chi connectivity index (χ3v) is 5.34. The molecule has 1 aromatic carbocycles. The molecule has 23 heavy (non-hydrogen) atoms. The number of benzene rings is 1. The van der Waals surface area contributed by atoms with E-state index in [9.17, 15) is 4.79 Å². The highest BCUT2D eigenvalue weighted by molar-refractivity contribution is 5.87. The first kappa shape index (κ1) is 15.8. The van der Waals surface area contributed by atoms with Crippen molar-refractivity contribution >= 4 is 5.97 Å². The quantitative estimate of drug-likeness (QED) is 0.663. The van der Waals surface area contributed by atoms with Crippen molar-refractivity contribution in [2.24, 2.45) is 5.41 Å². The van der Waals surface area contributed by atoms with Gasteiger partial charge in [-0.3, -0.25) is 0 Å². The molecule has 3 nitrogen and oxygen atoms in total. The summed E-state index contributed by atoms with van der Waals surface area (Å²) in [5, 5.41) is 8.88. The van der Waals surface area contributed by atoms with Gasteiger partial charge in [-0.25, -0.2) is 4.79 Å². The number of epoxide rings is 1. The van der Waals surface area contributed by atoms with Crippen molar-refractivity contribution in [3.63, 3.8) is 0 Å². The summed E-state index contributed by atoms with van der Waals surface area (Å²) < 4.78 is 6.14. The normalized spacial score (nSPS) is 31.1. The third kappa shape index (κ3) is 2.58. The number of carboxylic acids is 1. The zero-order valence-electron chi connectivity index (χ0n) is 13.8. The summed E-state index contributed by atoms with van der Waals surface area (Å²) in [6.45, 7) is 6.72. The molecule has 1 saturated heterocycles. The predicted molar refractivity (Wildman–Crippen MR) is 89.3 cm³/mol. The lowest BCUT2D eigenvalue weighted by molar-refractivity contribution is 0.0697. The van der Waals surface area contributed by atoms with Crippen LogP contribution < -0.4 is 0 Å². The number of carboxylic acid groups (broad SMARTS) is 1. The second-order valence-corrected chi connectivity index (χ2v) is 7.29. The van der Waals surface area contributed by atoms with Crippen LogP contribution in [-0.4, -0.2) is 22.3 Å². The molecule has 0 bridgehead atoms. The maximum atomic E-state index is 10.8. The molecule has 1 N–H and O–H groups in total. The average molecular weight is 310 g/mol. The summed E-state index contributed by atoms with van der Waals surface area (Å²) >= 11 is 0. The van der Waals surface area contributed by atoms with Gasteiger partial charge < -0.3 is 9.84 Å². The number of ether oxygens (including phenoxy) is 1. The molecule has 0 spiro atoms. The highest BCUT2D eigenvalue weighted by atomic mass is 16.6. The van der Waals surface area contributed by atoms with Gasteiger partial charge in [0.15, 0.2) is 0 Å². The third-order valence-electron chi connectivity index (χ3n) is 5.34. The molecule has 3 rings (SSSR count). The summed E-state index contributed by atoms with van der Waals surface area (Å²) in [7, 11) is 0. The molecule has 1 saturated carbocycles. The molecule has 1 heterocycles. The van der Waals surface area contributed by atoms with E-state index in [4.69, 9.17) is 9.84 Å². The fourth-order valence-corrected chi connectivity index (χ4v) is 3.89. The van der Waals surface area contributed by atoms with Crippen LogP contribution in [0, 0.1) is 17.3 Å². The van der Waals surface area contributed by atoms with Crippen molar-refractivity contribution in [2.75, 3.05) is 0 Å². The monoisotopic (exact) mass is 310 g/mol. The zero-order valence-corrected chi connectivity index (χ0v) is 13.8. The average Bonchev–Trinajstić information content (AvgIpc) is 3.12. The zero-order chi connectivity index (χ0) is 16.7. The summed E-state index contributed by atoms with van der Waals surface area (Å²) in [6, 6.07) is 6.59. The van der Waals surface area contributed by atoms with Gasteiger partial charge in [-0.1, -0.05) is 25.7 Å². The van der Waals surface area contributed by atoms with Crippen LogP contribution in [0.25, 0.3) is 0 Å². The van der Waals surface area contributed by atoms with Gasteiger partial charge in [0.2, 0.25) is 0 Å². The van der Waals surface area contributed by atoms with Gasteiger partial charge in [0.25, 0.3) is 0 Å². The Bertz CT molecular complexity index is 717. The predicted octanol–water partition coefficient (Wildman–Crippen LogP) is 4.03. The lowest BCUT2D eigenvalue weighted by atomic mass is 9.64. The van der Waals surface area contributed by atoms with E-state index >= 15 is 0 Å². The van der Waals surface area contributed by atoms with Crippen LogP contribution in [0.2, 0.25) is 0 Å². The van der Waals surface area contributed by atoms with E-state index in [1.54, 1.807) is 24.3 Å². The van der Waals surface area contributed by atoms with Crippen molar-refractivity contribution in [2.45, 2.75) is 51.2 Å². The van der Waals surface area contributed by atoms with Crippen molar-refractivity contribution < 1.29 is 14.6 Å². The summed E-state index contributed by atoms with van der Waals surface area (Å²) in [5.41, 5.74) is 0.966. The van der Waals surface area contributed by atoms with Crippen molar-refractivity contribution in [1.82, 2.24) is 0 Å². The van der Waals surface area contributed by atoms with E-state index in [1.807, 2.05) is 6.08 Å². The second-order valence-electron chi connectivity index (χ2n) is 7.29. The fraction of sp³-hybridized carbons (Fsp3) is 0.450. The number of rotatable bonds is 2. The van der Waals surface area contributed by atoms with Crippen LogP contribution in [0.5, 0.6) is 0 Å². The van der Waals surface area contributed by atoms with Gasteiger partial charge in [0.05, 0.1) is 11.2 Å². The van der Waals surface area contributed by atoms with Crippen molar-refractivity contribution in [1.29, 1.82) is 0 Å². The Morgan fingerprint density at radius 2 is 1.91 bits per heavy atom. The molecule has 2 fully saturated rings. The van der Waals surface area contributed by atoms with Gasteiger partial charge in [-0.05, 0) is 62.6 Å². The van der Waals surface area contributed by atoms with E-state index in [2.05, 4.69) is 38.7 Å². The van der Waals surface area contributed by atoms with E-state index in [0.29, 0.717) is 0 Å². The smallest absolute Gasteiger partial charge is 0.335 e. The summed E-state index contributed by atoms with van der Waals surface area (Å²) in [5.74, 6) is 5.16. The summed E-state index contributed by atoms with van der Waals surface area (Å²) in [4.78, 5) is 10.8. The molecule has 1 aromatic rings. The molecule has 0 amide bonds. The Morgan fingerprint density at radius 1 is 1.22 bits per heavy atom. The SMILES string of the molecule is CC1(C)CCCC2(C)OC12/C=C/C#Cc1ccc(C(=O)O)cc1. The molecule has 0 radical (unpaired) electrons. The topological polar surface area (TPSA) is 49.8 Å². The Kier molecular flexibility index (Phi) is 3.61. The molecule has 2 atom stereocenters. The number of hydrogen-bond acceptors (Lipinski definition) is 2. The first-order valence-corrected chi connectivity index (χ1v) is 8.03. The van der Waals surface area contributed by atoms with E-state index in [1.165, 1.54) is 6.42 Å². The first-order valence-electron chi connectivity index (χ1n) is 8.03. The fourth-order valence-electron chi connectivity index (χ4n) is 3.89. The molecule has 2 aliphatic rings. The van der Waals surface area contributed by atoms with E-state index < -0.39 is 5.97 Å². The largest absolute Gasteiger partial charge is 0.478 e. The highest BCUT2D eigenvalue weighted by Gasteiger charge is 2.73. The minimum absolute atomic E-state index is 0.0456.